The summed E-state index contributed by atoms with van der Waals surface area (Å²) in [5.74, 6) is 0.749. The molecule has 0 bridgehead atoms. The van der Waals surface area contributed by atoms with E-state index in [0.717, 1.165) is 5.92 Å². The summed E-state index contributed by atoms with van der Waals surface area (Å²) in [4.78, 5) is 0.453. The third kappa shape index (κ3) is 2.41. The highest BCUT2D eigenvalue weighted by atomic mass is 79.9. The van der Waals surface area contributed by atoms with Crippen LogP contribution in [0.25, 0.3) is 0 Å². The van der Waals surface area contributed by atoms with E-state index in [1.165, 1.54) is 26.5 Å². The van der Waals surface area contributed by atoms with Crippen molar-refractivity contribution in [1.82, 2.24) is 0 Å². The smallest absolute Gasteiger partial charge is 0.0440 e. The van der Waals surface area contributed by atoms with Gasteiger partial charge in [0.25, 0.3) is 0 Å². The molecule has 88 valence electrons. The Hall–Kier alpha value is 0.660. The Morgan fingerprint density at radius 3 is 2.31 bits per heavy atom. The lowest BCUT2D eigenvalue weighted by molar-refractivity contribution is 0.554. The molecule has 0 saturated heterocycles. The molecule has 2 rings (SSSR count). The summed E-state index contributed by atoms with van der Waals surface area (Å²) in [5.41, 5.74) is 3.11. The van der Waals surface area contributed by atoms with Crippen molar-refractivity contribution in [2.75, 3.05) is 0 Å². The normalized spacial score (nSPS) is 24.2. The Bertz CT molecular complexity index is 423. The Labute approximate surface area is 123 Å². The fourth-order valence-corrected chi connectivity index (χ4v) is 4.75. The number of aryl methyl sites for hydroxylation is 1. The number of hydrogen-bond acceptors (Lipinski definition) is 0. The van der Waals surface area contributed by atoms with Gasteiger partial charge < -0.3 is 0 Å². The van der Waals surface area contributed by atoms with Crippen molar-refractivity contribution in [1.29, 1.82) is 0 Å². The molecule has 0 radical (unpaired) electrons. The van der Waals surface area contributed by atoms with Crippen molar-refractivity contribution in [2.45, 2.75) is 32.0 Å². The molecule has 1 aromatic rings. The molecule has 2 atom stereocenters. The zero-order valence-corrected chi connectivity index (χ0v) is 14.4. The summed E-state index contributed by atoms with van der Waals surface area (Å²) in [5, 5.41) is 0. The molecule has 1 aliphatic rings. The van der Waals surface area contributed by atoms with Crippen LogP contribution >= 0.6 is 47.8 Å². The predicted octanol–water partition coefficient (Wildman–Crippen LogP) is 6.00. The van der Waals surface area contributed by atoms with E-state index in [1.54, 1.807) is 0 Å². The Balaban J connectivity index is 2.31. The first-order chi connectivity index (χ1) is 7.33. The van der Waals surface area contributed by atoms with E-state index in [0.29, 0.717) is 10.2 Å². The zero-order valence-electron chi connectivity index (χ0n) is 9.65. The van der Waals surface area contributed by atoms with Crippen LogP contribution in [0.5, 0.6) is 0 Å². The maximum Gasteiger partial charge on any atom is 0.0440 e. The maximum absolute atomic E-state index is 3.85. The Morgan fingerprint density at radius 2 is 1.81 bits per heavy atom. The second-order valence-corrected chi connectivity index (χ2v) is 8.02. The monoisotopic (exact) mass is 408 g/mol. The molecule has 2 unspecified atom stereocenters. The largest absolute Gasteiger partial charge is 0.0835 e. The zero-order chi connectivity index (χ0) is 12.1. The number of alkyl halides is 1. The van der Waals surface area contributed by atoms with Crippen LogP contribution in [0.2, 0.25) is 0 Å². The molecule has 0 nitrogen and oxygen atoms in total. The molecule has 16 heavy (non-hydrogen) atoms. The molecule has 0 N–H and O–H groups in total. The van der Waals surface area contributed by atoms with E-state index < -0.39 is 0 Å². The minimum Gasteiger partial charge on any atom is -0.0835 e. The van der Waals surface area contributed by atoms with Crippen LogP contribution in [-0.4, -0.2) is 0 Å². The molecule has 0 amide bonds. The lowest BCUT2D eigenvalue weighted by Gasteiger charge is -2.15. The van der Waals surface area contributed by atoms with Gasteiger partial charge in [-0.05, 0) is 47.9 Å². The molecular formula is C13H15Br3. The number of rotatable bonds is 2. The molecule has 3 heteroatoms. The van der Waals surface area contributed by atoms with Gasteiger partial charge in [0.1, 0.15) is 0 Å². The molecular weight excluding hydrogens is 396 g/mol. The second kappa shape index (κ2) is 4.40. The van der Waals surface area contributed by atoms with E-state index in [-0.39, 0.29) is 0 Å². The van der Waals surface area contributed by atoms with E-state index in [9.17, 15) is 0 Å². The first-order valence-electron chi connectivity index (χ1n) is 5.42. The predicted molar refractivity (Wildman–Crippen MR) is 80.1 cm³/mol. The standard InChI is InChI=1S/C13H15Br3/c1-7-4-11(15)8(5-10(7)14)12(16)9-6-13(9,2)3/h4-5,9,12H,6H2,1-3H3. The SMILES string of the molecule is Cc1cc(Br)c(C(Br)C2CC2(C)C)cc1Br. The van der Waals surface area contributed by atoms with Crippen LogP contribution in [-0.2, 0) is 0 Å². The molecule has 1 aromatic carbocycles. The molecule has 1 saturated carbocycles. The molecule has 0 aliphatic heterocycles. The summed E-state index contributed by atoms with van der Waals surface area (Å²) in [6.45, 7) is 6.79. The molecule has 0 heterocycles. The van der Waals surface area contributed by atoms with Gasteiger partial charge >= 0.3 is 0 Å². The fourth-order valence-electron chi connectivity index (χ4n) is 2.10. The quantitative estimate of drug-likeness (QED) is 0.524. The lowest BCUT2D eigenvalue weighted by Crippen LogP contribution is -2.00. The van der Waals surface area contributed by atoms with Gasteiger partial charge in [0.2, 0.25) is 0 Å². The molecule has 0 spiro atoms. The van der Waals surface area contributed by atoms with Crippen molar-refractivity contribution in [3.05, 3.63) is 32.2 Å². The minimum atomic E-state index is 0.453. The summed E-state index contributed by atoms with van der Waals surface area (Å²) < 4.78 is 2.39. The van der Waals surface area contributed by atoms with Gasteiger partial charge in [-0.1, -0.05) is 61.6 Å². The summed E-state index contributed by atoms with van der Waals surface area (Å²) in [7, 11) is 0. The number of benzene rings is 1. The van der Waals surface area contributed by atoms with Gasteiger partial charge in [-0.3, -0.25) is 0 Å². The lowest BCUT2D eigenvalue weighted by atomic mass is 10.0. The third-order valence-corrected chi connectivity index (χ3v) is 6.19. The van der Waals surface area contributed by atoms with Crippen molar-refractivity contribution in [3.63, 3.8) is 0 Å². The average Bonchev–Trinajstić information content (AvgIpc) is 2.80. The molecule has 1 aliphatic carbocycles. The van der Waals surface area contributed by atoms with Crippen LogP contribution in [0, 0.1) is 18.3 Å². The summed E-state index contributed by atoms with van der Waals surface area (Å²) in [6.07, 6.45) is 1.31. The van der Waals surface area contributed by atoms with E-state index >= 15 is 0 Å². The van der Waals surface area contributed by atoms with Crippen LogP contribution in [0.3, 0.4) is 0 Å². The molecule has 0 aromatic heterocycles. The highest BCUT2D eigenvalue weighted by Crippen LogP contribution is 2.61. The first kappa shape index (κ1) is 13.1. The summed E-state index contributed by atoms with van der Waals surface area (Å²) >= 11 is 11.1. The van der Waals surface area contributed by atoms with Gasteiger partial charge in [-0.2, -0.15) is 0 Å². The van der Waals surface area contributed by atoms with Crippen molar-refractivity contribution < 1.29 is 0 Å². The second-order valence-electron chi connectivity index (χ2n) is 5.32. The van der Waals surface area contributed by atoms with Gasteiger partial charge in [0.15, 0.2) is 0 Å². The number of hydrogen-bond donors (Lipinski definition) is 0. The highest BCUT2D eigenvalue weighted by Gasteiger charge is 2.50. The van der Waals surface area contributed by atoms with Gasteiger partial charge in [0, 0.05) is 13.8 Å². The minimum absolute atomic E-state index is 0.453. The van der Waals surface area contributed by atoms with Gasteiger partial charge in [-0.15, -0.1) is 0 Å². The molecule has 1 fully saturated rings. The van der Waals surface area contributed by atoms with Crippen molar-refractivity contribution in [3.8, 4) is 0 Å². The number of halogens is 3. The van der Waals surface area contributed by atoms with E-state index in [4.69, 9.17) is 0 Å². The van der Waals surface area contributed by atoms with Crippen LogP contribution in [0.4, 0.5) is 0 Å². The van der Waals surface area contributed by atoms with Gasteiger partial charge in [-0.25, -0.2) is 0 Å². The fraction of sp³-hybridized carbons (Fsp3) is 0.538. The van der Waals surface area contributed by atoms with E-state index in [1.807, 2.05) is 0 Å². The van der Waals surface area contributed by atoms with E-state index in [2.05, 4.69) is 80.7 Å². The van der Waals surface area contributed by atoms with Crippen LogP contribution in [0.15, 0.2) is 21.1 Å². The van der Waals surface area contributed by atoms with Crippen LogP contribution in [0.1, 0.15) is 36.2 Å². The Morgan fingerprint density at radius 1 is 1.25 bits per heavy atom. The van der Waals surface area contributed by atoms with Crippen LogP contribution < -0.4 is 0 Å². The first-order valence-corrected chi connectivity index (χ1v) is 7.93. The van der Waals surface area contributed by atoms with Crippen molar-refractivity contribution in [2.24, 2.45) is 11.3 Å². The van der Waals surface area contributed by atoms with Crippen molar-refractivity contribution >= 4 is 47.8 Å². The van der Waals surface area contributed by atoms with Gasteiger partial charge in [0.05, 0.1) is 0 Å². The third-order valence-electron chi connectivity index (χ3n) is 3.52. The maximum atomic E-state index is 3.85. The Kier molecular flexibility index (Phi) is 3.60. The topological polar surface area (TPSA) is 0 Å². The summed E-state index contributed by atoms with van der Waals surface area (Å²) in [6, 6.07) is 4.41. The highest BCUT2D eigenvalue weighted by molar-refractivity contribution is 9.11. The average molecular weight is 411 g/mol.